The van der Waals surface area contributed by atoms with Crippen molar-refractivity contribution in [2.24, 2.45) is 0 Å². The molecule has 0 aliphatic rings. The SMILES string of the molecule is O=C(Oc1ccc2ccccc2c1)c1ccc(/C=C/Br)cc1. The zero-order valence-electron chi connectivity index (χ0n) is 11.7. The Hall–Kier alpha value is -2.39. The van der Waals surface area contributed by atoms with Crippen LogP contribution in [0.2, 0.25) is 0 Å². The van der Waals surface area contributed by atoms with Crippen molar-refractivity contribution in [1.29, 1.82) is 0 Å². The number of ether oxygens (including phenoxy) is 1. The zero-order valence-corrected chi connectivity index (χ0v) is 13.3. The Kier molecular flexibility index (Phi) is 4.35. The first-order valence-electron chi connectivity index (χ1n) is 6.84. The van der Waals surface area contributed by atoms with Gasteiger partial charge in [0, 0.05) is 0 Å². The molecule has 0 heterocycles. The third kappa shape index (κ3) is 3.26. The Morgan fingerprint density at radius 3 is 2.36 bits per heavy atom. The topological polar surface area (TPSA) is 26.3 Å². The van der Waals surface area contributed by atoms with Gasteiger partial charge >= 0.3 is 5.97 Å². The minimum atomic E-state index is -0.357. The minimum absolute atomic E-state index is 0.357. The molecule has 22 heavy (non-hydrogen) atoms. The van der Waals surface area contributed by atoms with E-state index in [0.717, 1.165) is 16.3 Å². The fraction of sp³-hybridized carbons (Fsp3) is 0. The van der Waals surface area contributed by atoms with Gasteiger partial charge in [-0.05, 0) is 51.7 Å². The van der Waals surface area contributed by atoms with Gasteiger partial charge in [0.15, 0.2) is 0 Å². The van der Waals surface area contributed by atoms with Gasteiger partial charge in [-0.15, -0.1) is 0 Å². The van der Waals surface area contributed by atoms with Crippen LogP contribution < -0.4 is 4.74 Å². The van der Waals surface area contributed by atoms with Gasteiger partial charge in [-0.2, -0.15) is 0 Å². The maximum atomic E-state index is 12.2. The lowest BCUT2D eigenvalue weighted by Gasteiger charge is -2.06. The van der Waals surface area contributed by atoms with E-state index in [2.05, 4.69) is 15.9 Å². The first kappa shape index (κ1) is 14.5. The Morgan fingerprint density at radius 1 is 0.909 bits per heavy atom. The largest absolute Gasteiger partial charge is 0.423 e. The van der Waals surface area contributed by atoms with E-state index in [1.54, 1.807) is 17.1 Å². The summed E-state index contributed by atoms with van der Waals surface area (Å²) in [5, 5.41) is 2.17. The smallest absolute Gasteiger partial charge is 0.343 e. The molecule has 3 heteroatoms. The van der Waals surface area contributed by atoms with Crippen LogP contribution in [-0.4, -0.2) is 5.97 Å². The monoisotopic (exact) mass is 352 g/mol. The number of carbonyl (C=O) groups is 1. The van der Waals surface area contributed by atoms with Crippen molar-refractivity contribution < 1.29 is 9.53 Å². The Balaban J connectivity index is 1.80. The van der Waals surface area contributed by atoms with Crippen molar-refractivity contribution in [2.45, 2.75) is 0 Å². The summed E-state index contributed by atoms with van der Waals surface area (Å²) < 4.78 is 5.44. The van der Waals surface area contributed by atoms with E-state index in [4.69, 9.17) is 4.74 Å². The molecule has 0 spiro atoms. The molecule has 0 amide bonds. The highest BCUT2D eigenvalue weighted by Gasteiger charge is 2.08. The molecule has 0 atom stereocenters. The Labute approximate surface area is 137 Å². The number of hydrogen-bond donors (Lipinski definition) is 0. The van der Waals surface area contributed by atoms with Crippen molar-refractivity contribution in [1.82, 2.24) is 0 Å². The molecule has 0 bridgehead atoms. The number of hydrogen-bond acceptors (Lipinski definition) is 2. The molecule has 0 aromatic heterocycles. The van der Waals surface area contributed by atoms with Gasteiger partial charge in [-0.3, -0.25) is 0 Å². The molecular formula is C19H13BrO2. The lowest BCUT2D eigenvalue weighted by molar-refractivity contribution is 0.0735. The van der Waals surface area contributed by atoms with Gasteiger partial charge in [0.25, 0.3) is 0 Å². The summed E-state index contributed by atoms with van der Waals surface area (Å²) in [7, 11) is 0. The summed E-state index contributed by atoms with van der Waals surface area (Å²) in [6.45, 7) is 0. The molecule has 3 aromatic carbocycles. The summed E-state index contributed by atoms with van der Waals surface area (Å²) in [6.07, 6.45) is 1.90. The highest BCUT2D eigenvalue weighted by atomic mass is 79.9. The van der Waals surface area contributed by atoms with Gasteiger partial charge < -0.3 is 4.74 Å². The summed E-state index contributed by atoms with van der Waals surface area (Å²) >= 11 is 3.23. The van der Waals surface area contributed by atoms with E-state index in [9.17, 15) is 4.79 Å². The molecule has 0 aliphatic heterocycles. The van der Waals surface area contributed by atoms with E-state index in [1.807, 2.05) is 60.7 Å². The third-order valence-electron chi connectivity index (χ3n) is 3.33. The second kappa shape index (κ2) is 6.58. The number of halogens is 1. The lowest BCUT2D eigenvalue weighted by Crippen LogP contribution is -2.08. The van der Waals surface area contributed by atoms with E-state index in [1.165, 1.54) is 0 Å². The number of rotatable bonds is 3. The molecule has 0 saturated heterocycles. The molecule has 0 saturated carbocycles. The van der Waals surface area contributed by atoms with Crippen LogP contribution in [-0.2, 0) is 0 Å². The Morgan fingerprint density at radius 2 is 1.64 bits per heavy atom. The fourth-order valence-corrected chi connectivity index (χ4v) is 2.51. The predicted octanol–water partition coefficient (Wildman–Crippen LogP) is 5.42. The van der Waals surface area contributed by atoms with E-state index in [-0.39, 0.29) is 5.97 Å². The number of carbonyl (C=O) groups excluding carboxylic acids is 1. The van der Waals surface area contributed by atoms with Crippen molar-refractivity contribution in [3.63, 3.8) is 0 Å². The van der Waals surface area contributed by atoms with Gasteiger partial charge in [0.05, 0.1) is 5.56 Å². The maximum Gasteiger partial charge on any atom is 0.343 e. The van der Waals surface area contributed by atoms with Crippen LogP contribution >= 0.6 is 15.9 Å². The van der Waals surface area contributed by atoms with Crippen molar-refractivity contribution in [3.8, 4) is 5.75 Å². The summed E-state index contributed by atoms with van der Waals surface area (Å²) in [6, 6.07) is 20.8. The molecular weight excluding hydrogens is 340 g/mol. The molecule has 108 valence electrons. The van der Waals surface area contributed by atoms with Crippen LogP contribution in [0, 0.1) is 0 Å². The molecule has 0 radical (unpaired) electrons. The van der Waals surface area contributed by atoms with E-state index < -0.39 is 0 Å². The molecule has 3 aromatic rings. The first-order valence-corrected chi connectivity index (χ1v) is 7.76. The molecule has 2 nitrogen and oxygen atoms in total. The highest BCUT2D eigenvalue weighted by molar-refractivity contribution is 9.11. The van der Waals surface area contributed by atoms with E-state index in [0.29, 0.717) is 11.3 Å². The number of fused-ring (bicyclic) bond motifs is 1. The Bertz CT molecular complexity index is 835. The van der Waals surface area contributed by atoms with Crippen LogP contribution in [0.25, 0.3) is 16.8 Å². The second-order valence-corrected chi connectivity index (χ2v) is 5.34. The van der Waals surface area contributed by atoms with Gasteiger partial charge in [0.1, 0.15) is 5.75 Å². The van der Waals surface area contributed by atoms with Crippen molar-refractivity contribution >= 4 is 38.7 Å². The molecule has 0 aliphatic carbocycles. The summed E-state index contributed by atoms with van der Waals surface area (Å²) in [5.41, 5.74) is 1.54. The van der Waals surface area contributed by atoms with Gasteiger partial charge in [0.2, 0.25) is 0 Å². The van der Waals surface area contributed by atoms with Crippen LogP contribution in [0.1, 0.15) is 15.9 Å². The molecule has 0 fully saturated rings. The quantitative estimate of drug-likeness (QED) is 0.464. The average Bonchev–Trinajstić information content (AvgIpc) is 2.56. The van der Waals surface area contributed by atoms with Crippen molar-refractivity contribution in [3.05, 3.63) is 82.8 Å². The lowest BCUT2D eigenvalue weighted by atomic mass is 10.1. The third-order valence-corrected chi connectivity index (χ3v) is 3.60. The van der Waals surface area contributed by atoms with Crippen LogP contribution in [0.3, 0.4) is 0 Å². The van der Waals surface area contributed by atoms with Crippen LogP contribution in [0.5, 0.6) is 5.75 Å². The zero-order chi connectivity index (χ0) is 15.4. The highest BCUT2D eigenvalue weighted by Crippen LogP contribution is 2.21. The van der Waals surface area contributed by atoms with Crippen LogP contribution in [0.15, 0.2) is 71.7 Å². The number of benzene rings is 3. The maximum absolute atomic E-state index is 12.2. The average molecular weight is 353 g/mol. The molecule has 0 unspecified atom stereocenters. The molecule has 0 N–H and O–H groups in total. The molecule has 3 rings (SSSR count). The van der Waals surface area contributed by atoms with E-state index >= 15 is 0 Å². The summed E-state index contributed by atoms with van der Waals surface area (Å²) in [4.78, 5) is 13.9. The van der Waals surface area contributed by atoms with Crippen LogP contribution in [0.4, 0.5) is 0 Å². The fourth-order valence-electron chi connectivity index (χ4n) is 2.20. The van der Waals surface area contributed by atoms with Gasteiger partial charge in [-0.25, -0.2) is 4.79 Å². The standard InChI is InChI=1S/C19H13BrO2/c20-12-11-14-5-7-16(8-6-14)19(21)22-18-10-9-15-3-1-2-4-17(15)13-18/h1-13H/b12-11+. The number of esters is 1. The minimum Gasteiger partial charge on any atom is -0.423 e. The first-order chi connectivity index (χ1) is 10.8. The summed E-state index contributed by atoms with van der Waals surface area (Å²) in [5.74, 6) is 0.192. The predicted molar refractivity (Wildman–Crippen MR) is 93.3 cm³/mol. The normalized spacial score (nSPS) is 11.0. The van der Waals surface area contributed by atoms with Gasteiger partial charge in [-0.1, -0.05) is 58.4 Å². The van der Waals surface area contributed by atoms with Crippen molar-refractivity contribution in [2.75, 3.05) is 0 Å². The second-order valence-electron chi connectivity index (χ2n) is 4.81.